The SMILES string of the molecule is CC(C)OC(C)(C(=O)O)C1CCC1. The van der Waals surface area contributed by atoms with Gasteiger partial charge in [0.1, 0.15) is 0 Å². The lowest BCUT2D eigenvalue weighted by molar-refractivity contribution is -0.183. The monoisotopic (exact) mass is 186 g/mol. The summed E-state index contributed by atoms with van der Waals surface area (Å²) in [5, 5.41) is 9.09. The van der Waals surface area contributed by atoms with Gasteiger partial charge in [-0.05, 0) is 39.5 Å². The van der Waals surface area contributed by atoms with Crippen LogP contribution in [0, 0.1) is 5.92 Å². The smallest absolute Gasteiger partial charge is 0.335 e. The molecule has 0 radical (unpaired) electrons. The fourth-order valence-corrected chi connectivity index (χ4v) is 1.77. The van der Waals surface area contributed by atoms with Crippen LogP contribution < -0.4 is 0 Å². The molecule has 1 atom stereocenters. The normalized spacial score (nSPS) is 22.5. The minimum absolute atomic E-state index is 0.0262. The van der Waals surface area contributed by atoms with E-state index >= 15 is 0 Å². The third-order valence-corrected chi connectivity index (χ3v) is 2.79. The van der Waals surface area contributed by atoms with Crippen LogP contribution in [0.4, 0.5) is 0 Å². The summed E-state index contributed by atoms with van der Waals surface area (Å²) >= 11 is 0. The number of aliphatic carboxylic acids is 1. The molecule has 1 aliphatic carbocycles. The van der Waals surface area contributed by atoms with E-state index in [-0.39, 0.29) is 12.0 Å². The average molecular weight is 186 g/mol. The third-order valence-electron chi connectivity index (χ3n) is 2.79. The Balaban J connectivity index is 2.67. The molecule has 0 heterocycles. The molecule has 1 fully saturated rings. The van der Waals surface area contributed by atoms with Gasteiger partial charge in [0.2, 0.25) is 0 Å². The summed E-state index contributed by atoms with van der Waals surface area (Å²) in [4.78, 5) is 11.1. The molecule has 0 bridgehead atoms. The maximum atomic E-state index is 11.1. The first-order valence-electron chi connectivity index (χ1n) is 4.88. The lowest BCUT2D eigenvalue weighted by atomic mass is 9.73. The number of hydrogen-bond donors (Lipinski definition) is 1. The molecular formula is C10H18O3. The van der Waals surface area contributed by atoms with Crippen LogP contribution in [0.25, 0.3) is 0 Å². The zero-order chi connectivity index (χ0) is 10.1. The minimum Gasteiger partial charge on any atom is -0.479 e. The number of carboxylic acid groups (broad SMARTS) is 1. The van der Waals surface area contributed by atoms with Gasteiger partial charge in [-0.15, -0.1) is 0 Å². The lowest BCUT2D eigenvalue weighted by Crippen LogP contribution is -2.49. The highest BCUT2D eigenvalue weighted by atomic mass is 16.5. The van der Waals surface area contributed by atoms with Crippen LogP contribution >= 0.6 is 0 Å². The fourth-order valence-electron chi connectivity index (χ4n) is 1.77. The molecule has 13 heavy (non-hydrogen) atoms. The van der Waals surface area contributed by atoms with E-state index in [2.05, 4.69) is 0 Å². The topological polar surface area (TPSA) is 46.5 Å². The summed E-state index contributed by atoms with van der Waals surface area (Å²) in [5.74, 6) is -0.627. The van der Waals surface area contributed by atoms with Gasteiger partial charge in [0.25, 0.3) is 0 Å². The molecule has 0 aliphatic heterocycles. The van der Waals surface area contributed by atoms with E-state index in [4.69, 9.17) is 9.84 Å². The molecule has 3 heteroatoms. The predicted molar refractivity (Wildman–Crippen MR) is 49.6 cm³/mol. The van der Waals surface area contributed by atoms with Gasteiger partial charge in [0.15, 0.2) is 5.60 Å². The van der Waals surface area contributed by atoms with Crippen LogP contribution in [-0.2, 0) is 9.53 Å². The Morgan fingerprint density at radius 1 is 1.54 bits per heavy atom. The van der Waals surface area contributed by atoms with Gasteiger partial charge in [0, 0.05) is 0 Å². The fraction of sp³-hybridized carbons (Fsp3) is 0.900. The largest absolute Gasteiger partial charge is 0.479 e. The van der Waals surface area contributed by atoms with E-state index in [9.17, 15) is 4.79 Å². The molecule has 76 valence electrons. The van der Waals surface area contributed by atoms with E-state index < -0.39 is 11.6 Å². The van der Waals surface area contributed by atoms with E-state index in [0.717, 1.165) is 19.3 Å². The number of rotatable bonds is 4. The van der Waals surface area contributed by atoms with Crippen LogP contribution in [0.5, 0.6) is 0 Å². The quantitative estimate of drug-likeness (QED) is 0.731. The van der Waals surface area contributed by atoms with Crippen molar-refractivity contribution in [2.75, 3.05) is 0 Å². The first kappa shape index (κ1) is 10.5. The Morgan fingerprint density at radius 2 is 2.08 bits per heavy atom. The van der Waals surface area contributed by atoms with Gasteiger partial charge >= 0.3 is 5.97 Å². The van der Waals surface area contributed by atoms with Gasteiger partial charge in [-0.1, -0.05) is 6.42 Å². The maximum absolute atomic E-state index is 11.1. The van der Waals surface area contributed by atoms with E-state index in [1.54, 1.807) is 6.92 Å². The van der Waals surface area contributed by atoms with E-state index in [0.29, 0.717) is 0 Å². The maximum Gasteiger partial charge on any atom is 0.335 e. The zero-order valence-electron chi connectivity index (χ0n) is 8.54. The van der Waals surface area contributed by atoms with Crippen molar-refractivity contribution in [3.05, 3.63) is 0 Å². The predicted octanol–water partition coefficient (Wildman–Crippen LogP) is 2.05. The van der Waals surface area contributed by atoms with Crippen LogP contribution in [0.3, 0.4) is 0 Å². The number of carboxylic acids is 1. The van der Waals surface area contributed by atoms with Crippen molar-refractivity contribution in [2.45, 2.75) is 51.7 Å². The Bertz CT molecular complexity index is 196. The molecule has 1 aliphatic rings. The van der Waals surface area contributed by atoms with Crippen molar-refractivity contribution in [3.8, 4) is 0 Å². The molecule has 0 amide bonds. The molecular weight excluding hydrogens is 168 g/mol. The molecule has 0 aromatic rings. The number of ether oxygens (including phenoxy) is 1. The highest BCUT2D eigenvalue weighted by Crippen LogP contribution is 2.39. The highest BCUT2D eigenvalue weighted by Gasteiger charge is 2.45. The van der Waals surface area contributed by atoms with Crippen molar-refractivity contribution < 1.29 is 14.6 Å². The molecule has 1 saturated carbocycles. The van der Waals surface area contributed by atoms with Gasteiger partial charge in [-0.25, -0.2) is 4.79 Å². The Kier molecular flexibility index (Phi) is 2.96. The third kappa shape index (κ3) is 2.02. The highest BCUT2D eigenvalue weighted by molar-refractivity contribution is 5.77. The summed E-state index contributed by atoms with van der Waals surface area (Å²) < 4.78 is 5.50. The molecule has 0 aromatic heterocycles. The molecule has 0 aromatic carbocycles. The summed E-state index contributed by atoms with van der Waals surface area (Å²) in [6, 6.07) is 0. The van der Waals surface area contributed by atoms with Crippen molar-refractivity contribution in [1.82, 2.24) is 0 Å². The molecule has 3 nitrogen and oxygen atoms in total. The van der Waals surface area contributed by atoms with Gasteiger partial charge in [0.05, 0.1) is 6.10 Å². The summed E-state index contributed by atoms with van der Waals surface area (Å²) in [6.07, 6.45) is 3.07. The Hall–Kier alpha value is -0.570. The zero-order valence-corrected chi connectivity index (χ0v) is 8.54. The van der Waals surface area contributed by atoms with Crippen LogP contribution in [0.2, 0.25) is 0 Å². The second-order valence-corrected chi connectivity index (χ2v) is 4.21. The van der Waals surface area contributed by atoms with Gasteiger partial charge < -0.3 is 9.84 Å². The van der Waals surface area contributed by atoms with Crippen LogP contribution in [0.1, 0.15) is 40.0 Å². The molecule has 1 unspecified atom stereocenters. The summed E-state index contributed by atoms with van der Waals surface area (Å²) in [5.41, 5.74) is -0.966. The first-order chi connectivity index (χ1) is 5.97. The van der Waals surface area contributed by atoms with Crippen molar-refractivity contribution in [1.29, 1.82) is 0 Å². The van der Waals surface area contributed by atoms with Crippen molar-refractivity contribution >= 4 is 5.97 Å². The van der Waals surface area contributed by atoms with Crippen molar-refractivity contribution in [2.24, 2.45) is 5.92 Å². The second kappa shape index (κ2) is 3.66. The van der Waals surface area contributed by atoms with Crippen LogP contribution in [-0.4, -0.2) is 22.8 Å². The first-order valence-corrected chi connectivity index (χ1v) is 4.88. The summed E-state index contributed by atoms with van der Waals surface area (Å²) in [7, 11) is 0. The molecule has 0 saturated heterocycles. The van der Waals surface area contributed by atoms with Gasteiger partial charge in [-0.2, -0.15) is 0 Å². The van der Waals surface area contributed by atoms with E-state index in [1.165, 1.54) is 0 Å². The second-order valence-electron chi connectivity index (χ2n) is 4.21. The molecule has 1 rings (SSSR count). The van der Waals surface area contributed by atoms with Crippen molar-refractivity contribution in [3.63, 3.8) is 0 Å². The van der Waals surface area contributed by atoms with Crippen LogP contribution in [0.15, 0.2) is 0 Å². The Labute approximate surface area is 79.1 Å². The lowest BCUT2D eigenvalue weighted by Gasteiger charge is -2.40. The summed E-state index contributed by atoms with van der Waals surface area (Å²) in [6.45, 7) is 5.44. The average Bonchev–Trinajstić information content (AvgIpc) is 1.79. The number of hydrogen-bond acceptors (Lipinski definition) is 2. The number of carbonyl (C=O) groups is 1. The van der Waals surface area contributed by atoms with E-state index in [1.807, 2.05) is 13.8 Å². The standard InChI is InChI=1S/C10H18O3/c1-7(2)13-10(3,9(11)12)8-5-4-6-8/h7-8H,4-6H2,1-3H3,(H,11,12). The molecule has 1 N–H and O–H groups in total. The van der Waals surface area contributed by atoms with Gasteiger partial charge in [-0.3, -0.25) is 0 Å². The molecule has 0 spiro atoms. The Morgan fingerprint density at radius 3 is 2.31 bits per heavy atom. The minimum atomic E-state index is -0.966.